The van der Waals surface area contributed by atoms with Crippen molar-refractivity contribution in [1.29, 1.82) is 0 Å². The van der Waals surface area contributed by atoms with Gasteiger partial charge in [0, 0.05) is 23.4 Å². The molecule has 0 spiro atoms. The minimum Gasteiger partial charge on any atom is -0.352 e. The van der Waals surface area contributed by atoms with Crippen LogP contribution in [0.1, 0.15) is 5.82 Å². The zero-order valence-electron chi connectivity index (χ0n) is 14.9. The third-order valence-corrected chi connectivity index (χ3v) is 6.06. The van der Waals surface area contributed by atoms with E-state index in [0.717, 1.165) is 27.8 Å². The smallest absolute Gasteiger partial charge is 0.268 e. The van der Waals surface area contributed by atoms with Gasteiger partial charge in [-0.25, -0.2) is 15.0 Å². The third kappa shape index (κ3) is 2.96. The molecule has 5 rings (SSSR count). The minimum atomic E-state index is -0.102. The van der Waals surface area contributed by atoms with Gasteiger partial charge in [-0.1, -0.05) is 12.1 Å². The van der Waals surface area contributed by atoms with E-state index in [4.69, 9.17) is 9.97 Å². The Labute approximate surface area is 168 Å². The van der Waals surface area contributed by atoms with Gasteiger partial charge in [-0.05, 0) is 35.0 Å². The summed E-state index contributed by atoms with van der Waals surface area (Å²) in [5, 5.41) is 6.90. The molecule has 0 fully saturated rings. The summed E-state index contributed by atoms with van der Waals surface area (Å²) >= 11 is 3.02. The fraction of sp³-hybridized carbons (Fsp3) is 0.100. The first-order valence-electron chi connectivity index (χ1n) is 8.66. The van der Waals surface area contributed by atoms with Crippen LogP contribution < -0.4 is 10.5 Å². The SMILES string of the molecule is CN(Cc1nc2ccsc2c(=O)[nH]1)c1nc(-c2ccsc2)nc2ccccc12. The average Bonchev–Trinajstić information content (AvgIpc) is 3.39. The summed E-state index contributed by atoms with van der Waals surface area (Å²) in [6.07, 6.45) is 0. The van der Waals surface area contributed by atoms with Gasteiger partial charge in [0.2, 0.25) is 0 Å². The van der Waals surface area contributed by atoms with E-state index in [1.807, 2.05) is 64.5 Å². The van der Waals surface area contributed by atoms with Crippen molar-refractivity contribution in [3.63, 3.8) is 0 Å². The van der Waals surface area contributed by atoms with Crippen molar-refractivity contribution in [2.75, 3.05) is 11.9 Å². The van der Waals surface area contributed by atoms with Crippen LogP contribution in [0.15, 0.2) is 57.3 Å². The van der Waals surface area contributed by atoms with Gasteiger partial charge < -0.3 is 9.88 Å². The van der Waals surface area contributed by atoms with Crippen LogP contribution in [0.4, 0.5) is 5.82 Å². The number of nitrogens with zero attached hydrogens (tertiary/aromatic N) is 4. The molecule has 0 saturated heterocycles. The number of rotatable bonds is 4. The van der Waals surface area contributed by atoms with Gasteiger partial charge in [-0.15, -0.1) is 11.3 Å². The zero-order valence-corrected chi connectivity index (χ0v) is 16.5. The van der Waals surface area contributed by atoms with Gasteiger partial charge in [-0.3, -0.25) is 4.79 Å². The number of benzene rings is 1. The number of para-hydroxylation sites is 1. The van der Waals surface area contributed by atoms with Crippen LogP contribution in [0.3, 0.4) is 0 Å². The molecule has 1 aromatic carbocycles. The number of H-pyrrole nitrogens is 1. The van der Waals surface area contributed by atoms with E-state index in [0.29, 0.717) is 22.9 Å². The lowest BCUT2D eigenvalue weighted by Crippen LogP contribution is -2.22. The second kappa shape index (κ2) is 6.81. The first kappa shape index (κ1) is 17.0. The molecule has 0 radical (unpaired) electrons. The molecular weight excluding hydrogens is 390 g/mol. The van der Waals surface area contributed by atoms with Crippen molar-refractivity contribution >= 4 is 49.6 Å². The number of aromatic amines is 1. The predicted molar refractivity (Wildman–Crippen MR) is 115 cm³/mol. The van der Waals surface area contributed by atoms with Crippen molar-refractivity contribution in [2.45, 2.75) is 6.54 Å². The molecule has 0 aliphatic rings. The molecule has 0 atom stereocenters. The van der Waals surface area contributed by atoms with Crippen LogP contribution in [-0.4, -0.2) is 27.0 Å². The largest absolute Gasteiger partial charge is 0.352 e. The summed E-state index contributed by atoms with van der Waals surface area (Å²) in [6.45, 7) is 0.436. The second-order valence-electron chi connectivity index (χ2n) is 6.40. The molecule has 0 unspecified atom stereocenters. The first-order chi connectivity index (χ1) is 13.7. The topological polar surface area (TPSA) is 74.8 Å². The van der Waals surface area contributed by atoms with E-state index in [1.54, 1.807) is 11.3 Å². The number of anilines is 1. The molecule has 0 saturated carbocycles. The number of nitrogens with one attached hydrogen (secondary N) is 1. The quantitative estimate of drug-likeness (QED) is 0.483. The van der Waals surface area contributed by atoms with Gasteiger partial charge in [0.05, 0.1) is 17.6 Å². The Kier molecular flexibility index (Phi) is 4.14. The highest BCUT2D eigenvalue weighted by Crippen LogP contribution is 2.28. The lowest BCUT2D eigenvalue weighted by Gasteiger charge is -2.20. The summed E-state index contributed by atoms with van der Waals surface area (Å²) < 4.78 is 0.652. The molecule has 28 heavy (non-hydrogen) atoms. The fourth-order valence-corrected chi connectivity index (χ4v) is 4.53. The fourth-order valence-electron chi connectivity index (χ4n) is 3.17. The van der Waals surface area contributed by atoms with Crippen molar-refractivity contribution in [3.8, 4) is 11.4 Å². The van der Waals surface area contributed by atoms with Crippen LogP contribution in [0.5, 0.6) is 0 Å². The van der Waals surface area contributed by atoms with Crippen molar-refractivity contribution < 1.29 is 0 Å². The summed E-state index contributed by atoms with van der Waals surface area (Å²) in [4.78, 5) is 31.3. The maximum Gasteiger partial charge on any atom is 0.268 e. The maximum absolute atomic E-state index is 12.3. The monoisotopic (exact) mass is 405 g/mol. The standard InChI is InChI=1S/C20H15N5OS2/c1-25(10-16-21-15-7-9-28-17(15)20(26)23-16)19-13-4-2-3-5-14(13)22-18(24-19)12-6-8-27-11-12/h2-9,11H,10H2,1H3,(H,21,23,26). The highest BCUT2D eigenvalue weighted by Gasteiger charge is 2.15. The first-order valence-corrected chi connectivity index (χ1v) is 10.5. The highest BCUT2D eigenvalue weighted by molar-refractivity contribution is 7.17. The van der Waals surface area contributed by atoms with E-state index >= 15 is 0 Å². The van der Waals surface area contributed by atoms with E-state index < -0.39 is 0 Å². The molecule has 0 amide bonds. The number of thiophene rings is 2. The Bertz CT molecular complexity index is 1340. The lowest BCUT2D eigenvalue weighted by atomic mass is 10.2. The Morgan fingerprint density at radius 1 is 1.04 bits per heavy atom. The molecule has 0 bridgehead atoms. The third-order valence-electron chi connectivity index (χ3n) is 4.47. The van der Waals surface area contributed by atoms with Gasteiger partial charge in [0.25, 0.3) is 5.56 Å². The number of aromatic nitrogens is 4. The van der Waals surface area contributed by atoms with Crippen molar-refractivity contribution in [1.82, 2.24) is 19.9 Å². The summed E-state index contributed by atoms with van der Waals surface area (Å²) in [5.74, 6) is 2.11. The zero-order chi connectivity index (χ0) is 19.1. The van der Waals surface area contributed by atoms with Crippen LogP contribution >= 0.6 is 22.7 Å². The van der Waals surface area contributed by atoms with E-state index in [-0.39, 0.29) is 5.56 Å². The average molecular weight is 406 g/mol. The second-order valence-corrected chi connectivity index (χ2v) is 8.10. The molecule has 138 valence electrons. The molecule has 0 aliphatic heterocycles. The number of hydrogen-bond donors (Lipinski definition) is 1. The van der Waals surface area contributed by atoms with Crippen molar-refractivity contribution in [3.05, 3.63) is 68.7 Å². The Morgan fingerprint density at radius 2 is 1.93 bits per heavy atom. The molecule has 5 aromatic rings. The highest BCUT2D eigenvalue weighted by atomic mass is 32.1. The Morgan fingerprint density at radius 3 is 2.79 bits per heavy atom. The van der Waals surface area contributed by atoms with Gasteiger partial charge in [0.15, 0.2) is 5.82 Å². The van der Waals surface area contributed by atoms with Gasteiger partial charge in [-0.2, -0.15) is 11.3 Å². The molecule has 8 heteroatoms. The minimum absolute atomic E-state index is 0.102. The number of fused-ring (bicyclic) bond motifs is 2. The van der Waals surface area contributed by atoms with E-state index in [1.165, 1.54) is 11.3 Å². The van der Waals surface area contributed by atoms with Crippen LogP contribution in [0.2, 0.25) is 0 Å². The Hall–Kier alpha value is -3.10. The molecular formula is C20H15N5OS2. The molecule has 0 aliphatic carbocycles. The molecule has 4 heterocycles. The van der Waals surface area contributed by atoms with Crippen LogP contribution in [-0.2, 0) is 6.54 Å². The van der Waals surface area contributed by atoms with Gasteiger partial charge in [0.1, 0.15) is 16.3 Å². The molecule has 4 aromatic heterocycles. The van der Waals surface area contributed by atoms with E-state index in [2.05, 4.69) is 9.97 Å². The molecule has 6 nitrogen and oxygen atoms in total. The normalized spacial score (nSPS) is 11.3. The number of hydrogen-bond acceptors (Lipinski definition) is 7. The van der Waals surface area contributed by atoms with Crippen LogP contribution in [0.25, 0.3) is 32.5 Å². The van der Waals surface area contributed by atoms with Crippen molar-refractivity contribution in [2.24, 2.45) is 0 Å². The Balaban J connectivity index is 1.59. The van der Waals surface area contributed by atoms with E-state index in [9.17, 15) is 4.79 Å². The summed E-state index contributed by atoms with van der Waals surface area (Å²) in [7, 11) is 1.95. The maximum atomic E-state index is 12.3. The summed E-state index contributed by atoms with van der Waals surface area (Å²) in [6, 6.07) is 11.8. The van der Waals surface area contributed by atoms with Crippen LogP contribution in [0, 0.1) is 0 Å². The lowest BCUT2D eigenvalue weighted by molar-refractivity contribution is 0.830. The summed E-state index contributed by atoms with van der Waals surface area (Å²) in [5.41, 5.74) is 2.51. The predicted octanol–water partition coefficient (Wildman–Crippen LogP) is 4.29. The molecule has 1 N–H and O–H groups in total. The van der Waals surface area contributed by atoms with Gasteiger partial charge >= 0.3 is 0 Å².